The number of hydrogen-bond donors (Lipinski definition) is 2. The lowest BCUT2D eigenvalue weighted by atomic mass is 10.1. The van der Waals surface area contributed by atoms with Crippen molar-refractivity contribution in [2.24, 2.45) is 0 Å². The highest BCUT2D eigenvalue weighted by atomic mass is 35.5. The average Bonchev–Trinajstić information content (AvgIpc) is 2.51. The largest absolute Gasteiger partial charge is 0.383 e. The maximum absolute atomic E-state index is 12.3. The van der Waals surface area contributed by atoms with Crippen LogP contribution in [0.2, 0.25) is 5.02 Å². The molecule has 2 aromatic carbocycles. The van der Waals surface area contributed by atoms with Gasteiger partial charge in [0.1, 0.15) is 5.69 Å². The number of nitro benzene ring substituents is 1. The van der Waals surface area contributed by atoms with Crippen molar-refractivity contribution in [1.82, 2.24) is 0 Å². The number of carbonyl (C=O) groups is 1. The Morgan fingerprint density at radius 3 is 2.59 bits per heavy atom. The predicted octanol–water partition coefficient (Wildman–Crippen LogP) is 3.85. The molecule has 0 aliphatic heterocycles. The second-order valence-electron chi connectivity index (χ2n) is 4.61. The Morgan fingerprint density at radius 2 is 1.95 bits per heavy atom. The number of amides is 1. The SMILES string of the molecule is CNc1ccc(C(=O)Nc2cccc(Cl)c2C)cc1[N+](=O)[O-]. The molecule has 0 spiro atoms. The Bertz CT molecular complexity index is 747. The Hall–Kier alpha value is -2.60. The quantitative estimate of drug-likeness (QED) is 0.662. The normalized spacial score (nSPS) is 10.1. The summed E-state index contributed by atoms with van der Waals surface area (Å²) in [5.41, 5.74) is 1.69. The molecule has 114 valence electrons. The summed E-state index contributed by atoms with van der Waals surface area (Å²) in [6.07, 6.45) is 0. The molecule has 7 heteroatoms. The fraction of sp³-hybridized carbons (Fsp3) is 0.133. The Labute approximate surface area is 132 Å². The molecule has 0 heterocycles. The molecule has 0 saturated heterocycles. The summed E-state index contributed by atoms with van der Waals surface area (Å²) in [7, 11) is 1.58. The number of benzene rings is 2. The van der Waals surface area contributed by atoms with Gasteiger partial charge in [0, 0.05) is 29.4 Å². The summed E-state index contributed by atoms with van der Waals surface area (Å²) in [6.45, 7) is 1.78. The first kappa shape index (κ1) is 15.8. The number of hydrogen-bond acceptors (Lipinski definition) is 4. The second-order valence-corrected chi connectivity index (χ2v) is 5.01. The molecule has 0 radical (unpaired) electrons. The van der Waals surface area contributed by atoms with Crippen molar-refractivity contribution in [3.8, 4) is 0 Å². The van der Waals surface area contributed by atoms with Crippen molar-refractivity contribution in [2.45, 2.75) is 6.92 Å². The summed E-state index contributed by atoms with van der Waals surface area (Å²) < 4.78 is 0. The van der Waals surface area contributed by atoms with E-state index in [9.17, 15) is 14.9 Å². The Kier molecular flexibility index (Phi) is 4.62. The van der Waals surface area contributed by atoms with Gasteiger partial charge in [0.05, 0.1) is 4.92 Å². The minimum absolute atomic E-state index is 0.155. The Balaban J connectivity index is 2.32. The van der Waals surface area contributed by atoms with Crippen LogP contribution in [0.1, 0.15) is 15.9 Å². The first-order chi connectivity index (χ1) is 10.4. The first-order valence-corrected chi connectivity index (χ1v) is 6.84. The third kappa shape index (κ3) is 3.17. The summed E-state index contributed by atoms with van der Waals surface area (Å²) in [5.74, 6) is -0.434. The van der Waals surface area contributed by atoms with Crippen LogP contribution in [0, 0.1) is 17.0 Å². The number of nitrogens with zero attached hydrogens (tertiary/aromatic N) is 1. The zero-order chi connectivity index (χ0) is 16.3. The highest BCUT2D eigenvalue weighted by molar-refractivity contribution is 6.31. The molecule has 0 bridgehead atoms. The van der Waals surface area contributed by atoms with Crippen molar-refractivity contribution in [3.05, 3.63) is 62.7 Å². The molecule has 2 aromatic rings. The topological polar surface area (TPSA) is 84.3 Å². The molecule has 0 aliphatic carbocycles. The zero-order valence-electron chi connectivity index (χ0n) is 12.0. The summed E-state index contributed by atoms with van der Waals surface area (Å²) >= 11 is 6.00. The minimum Gasteiger partial charge on any atom is -0.383 e. The third-order valence-corrected chi connectivity index (χ3v) is 3.65. The summed E-state index contributed by atoms with van der Waals surface area (Å²) in [5, 5.41) is 17.0. The molecule has 0 aliphatic rings. The highest BCUT2D eigenvalue weighted by Crippen LogP contribution is 2.27. The number of nitrogens with one attached hydrogen (secondary N) is 2. The van der Waals surface area contributed by atoms with Gasteiger partial charge in [-0.1, -0.05) is 17.7 Å². The maximum atomic E-state index is 12.3. The second kappa shape index (κ2) is 6.44. The number of nitro groups is 1. The van der Waals surface area contributed by atoms with Gasteiger partial charge in [0.2, 0.25) is 0 Å². The number of rotatable bonds is 4. The van der Waals surface area contributed by atoms with Crippen LogP contribution < -0.4 is 10.6 Å². The van der Waals surface area contributed by atoms with Crippen LogP contribution in [0.15, 0.2) is 36.4 Å². The molecule has 1 amide bonds. The van der Waals surface area contributed by atoms with E-state index >= 15 is 0 Å². The van der Waals surface area contributed by atoms with Gasteiger partial charge >= 0.3 is 0 Å². The van der Waals surface area contributed by atoms with Crippen LogP contribution in [0.4, 0.5) is 17.1 Å². The molecule has 2 N–H and O–H groups in total. The standard InChI is InChI=1S/C15H14ClN3O3/c1-9-11(16)4-3-5-12(9)18-15(20)10-6-7-13(17-2)14(8-10)19(21)22/h3-8,17H,1-2H3,(H,18,20). The smallest absolute Gasteiger partial charge is 0.293 e. The van der Waals surface area contributed by atoms with Gasteiger partial charge in [-0.15, -0.1) is 0 Å². The van der Waals surface area contributed by atoms with E-state index in [4.69, 9.17) is 11.6 Å². The van der Waals surface area contributed by atoms with E-state index in [1.165, 1.54) is 18.2 Å². The molecule has 0 fully saturated rings. The van der Waals surface area contributed by atoms with Gasteiger partial charge < -0.3 is 10.6 Å². The predicted molar refractivity (Wildman–Crippen MR) is 86.8 cm³/mol. The molecule has 0 atom stereocenters. The van der Waals surface area contributed by atoms with E-state index in [0.717, 1.165) is 5.56 Å². The lowest BCUT2D eigenvalue weighted by molar-refractivity contribution is -0.384. The van der Waals surface area contributed by atoms with E-state index in [0.29, 0.717) is 16.4 Å². The van der Waals surface area contributed by atoms with Crippen LogP contribution in [-0.2, 0) is 0 Å². The van der Waals surface area contributed by atoms with E-state index in [1.807, 2.05) is 0 Å². The first-order valence-electron chi connectivity index (χ1n) is 6.46. The third-order valence-electron chi connectivity index (χ3n) is 3.24. The number of carbonyl (C=O) groups excluding carboxylic acids is 1. The molecule has 0 saturated carbocycles. The van der Waals surface area contributed by atoms with Crippen molar-refractivity contribution in [2.75, 3.05) is 17.7 Å². The van der Waals surface area contributed by atoms with Crippen molar-refractivity contribution >= 4 is 34.6 Å². The summed E-state index contributed by atoms with van der Waals surface area (Å²) in [4.78, 5) is 22.7. The monoisotopic (exact) mass is 319 g/mol. The van der Waals surface area contributed by atoms with Crippen molar-refractivity contribution in [1.29, 1.82) is 0 Å². The van der Waals surface area contributed by atoms with Gasteiger partial charge in [-0.25, -0.2) is 0 Å². The van der Waals surface area contributed by atoms with Crippen molar-refractivity contribution in [3.63, 3.8) is 0 Å². The summed E-state index contributed by atoms with van der Waals surface area (Å²) in [6, 6.07) is 9.42. The molecule has 0 unspecified atom stereocenters. The fourth-order valence-corrected chi connectivity index (χ4v) is 2.15. The number of halogens is 1. The number of anilines is 2. The van der Waals surface area contributed by atoms with Crippen molar-refractivity contribution < 1.29 is 9.72 Å². The minimum atomic E-state index is -0.534. The molecule has 2 rings (SSSR count). The molecule has 0 aromatic heterocycles. The van der Waals surface area contributed by atoms with E-state index in [-0.39, 0.29) is 11.3 Å². The lowest BCUT2D eigenvalue weighted by Gasteiger charge is -2.10. The van der Waals surface area contributed by atoms with Gasteiger partial charge in [0.25, 0.3) is 11.6 Å². The fourth-order valence-electron chi connectivity index (χ4n) is 1.97. The van der Waals surface area contributed by atoms with Gasteiger partial charge in [-0.2, -0.15) is 0 Å². The molecule has 6 nitrogen and oxygen atoms in total. The molecular weight excluding hydrogens is 306 g/mol. The zero-order valence-corrected chi connectivity index (χ0v) is 12.8. The highest BCUT2D eigenvalue weighted by Gasteiger charge is 2.17. The van der Waals surface area contributed by atoms with E-state index in [2.05, 4.69) is 10.6 Å². The van der Waals surface area contributed by atoms with Gasteiger partial charge in [-0.05, 0) is 36.8 Å². The molecule has 22 heavy (non-hydrogen) atoms. The van der Waals surface area contributed by atoms with E-state index < -0.39 is 10.8 Å². The maximum Gasteiger partial charge on any atom is 0.293 e. The van der Waals surface area contributed by atoms with Gasteiger partial charge in [0.15, 0.2) is 0 Å². The van der Waals surface area contributed by atoms with Crippen LogP contribution >= 0.6 is 11.6 Å². The van der Waals surface area contributed by atoms with E-state index in [1.54, 1.807) is 32.2 Å². The lowest BCUT2D eigenvalue weighted by Crippen LogP contribution is -2.13. The van der Waals surface area contributed by atoms with Gasteiger partial charge in [-0.3, -0.25) is 14.9 Å². The molecular formula is C15H14ClN3O3. The Morgan fingerprint density at radius 1 is 1.23 bits per heavy atom. The van der Waals surface area contributed by atoms with Crippen LogP contribution in [-0.4, -0.2) is 17.9 Å². The van der Waals surface area contributed by atoms with Crippen LogP contribution in [0.5, 0.6) is 0 Å². The average molecular weight is 320 g/mol. The van der Waals surface area contributed by atoms with Crippen LogP contribution in [0.25, 0.3) is 0 Å². The van der Waals surface area contributed by atoms with Crippen LogP contribution in [0.3, 0.4) is 0 Å².